The Morgan fingerprint density at radius 2 is 2.00 bits per heavy atom. The standard InChI is InChI=1S/C10H10N2O/c1-3-10(2)8(4-6-11)9(13-10)5-7-12/h4-5H,3H2,1-2H3. The van der Waals surface area contributed by atoms with Gasteiger partial charge in [-0.15, -0.1) is 0 Å². The highest BCUT2D eigenvalue weighted by atomic mass is 16.5. The fourth-order valence-electron chi connectivity index (χ4n) is 1.28. The lowest BCUT2D eigenvalue weighted by Crippen LogP contribution is -2.41. The molecule has 0 N–H and O–H groups in total. The van der Waals surface area contributed by atoms with Gasteiger partial charge < -0.3 is 4.74 Å². The van der Waals surface area contributed by atoms with Crippen molar-refractivity contribution in [2.75, 3.05) is 0 Å². The van der Waals surface area contributed by atoms with E-state index in [2.05, 4.69) is 0 Å². The molecule has 0 aromatic heterocycles. The number of nitriles is 2. The van der Waals surface area contributed by atoms with Crippen molar-refractivity contribution in [1.29, 1.82) is 10.5 Å². The van der Waals surface area contributed by atoms with Gasteiger partial charge in [0.2, 0.25) is 0 Å². The van der Waals surface area contributed by atoms with Crippen LogP contribution in [0.15, 0.2) is 23.5 Å². The van der Waals surface area contributed by atoms with Gasteiger partial charge >= 0.3 is 0 Å². The van der Waals surface area contributed by atoms with Crippen LogP contribution in [0.3, 0.4) is 0 Å². The minimum absolute atomic E-state index is 0.377. The summed E-state index contributed by atoms with van der Waals surface area (Å²) in [6.07, 6.45) is 3.56. The maximum atomic E-state index is 8.52. The molecule has 3 heteroatoms. The lowest BCUT2D eigenvalue weighted by atomic mass is 9.85. The topological polar surface area (TPSA) is 56.8 Å². The second-order valence-corrected chi connectivity index (χ2v) is 3.01. The van der Waals surface area contributed by atoms with E-state index < -0.39 is 0 Å². The van der Waals surface area contributed by atoms with Gasteiger partial charge in [0, 0.05) is 11.6 Å². The molecule has 66 valence electrons. The zero-order chi connectivity index (χ0) is 9.90. The van der Waals surface area contributed by atoms with Crippen molar-refractivity contribution in [2.45, 2.75) is 25.9 Å². The molecule has 1 aliphatic rings. The molecule has 1 rings (SSSR count). The SMILES string of the molecule is CCC1(C)OC(=CC#N)C1=CC#N. The number of ether oxygens (including phenoxy) is 1. The van der Waals surface area contributed by atoms with Crippen molar-refractivity contribution >= 4 is 0 Å². The third-order valence-electron chi connectivity index (χ3n) is 2.25. The molecule has 0 bridgehead atoms. The number of nitrogens with zero attached hydrogens (tertiary/aromatic N) is 2. The van der Waals surface area contributed by atoms with Crippen molar-refractivity contribution in [3.8, 4) is 12.1 Å². The molecular weight excluding hydrogens is 164 g/mol. The van der Waals surface area contributed by atoms with Gasteiger partial charge in [0.1, 0.15) is 11.4 Å². The summed E-state index contributed by atoms with van der Waals surface area (Å²) in [5, 5.41) is 16.9. The van der Waals surface area contributed by atoms with Crippen LogP contribution < -0.4 is 0 Å². The predicted molar refractivity (Wildman–Crippen MR) is 47.2 cm³/mol. The first kappa shape index (κ1) is 9.35. The smallest absolute Gasteiger partial charge is 0.139 e. The van der Waals surface area contributed by atoms with Crippen molar-refractivity contribution in [1.82, 2.24) is 0 Å². The van der Waals surface area contributed by atoms with Crippen LogP contribution in [0.25, 0.3) is 0 Å². The summed E-state index contributed by atoms with van der Waals surface area (Å²) in [5.74, 6) is 0.522. The fraction of sp³-hybridized carbons (Fsp3) is 0.400. The lowest BCUT2D eigenvalue weighted by Gasteiger charge is -2.43. The Hall–Kier alpha value is -1.74. The van der Waals surface area contributed by atoms with E-state index in [1.54, 1.807) is 0 Å². The molecule has 0 radical (unpaired) electrons. The Kier molecular flexibility index (Phi) is 2.39. The fourth-order valence-corrected chi connectivity index (χ4v) is 1.28. The summed E-state index contributed by atoms with van der Waals surface area (Å²) in [6.45, 7) is 3.89. The highest BCUT2D eigenvalue weighted by molar-refractivity contribution is 5.46. The minimum Gasteiger partial charge on any atom is -0.481 e. The highest BCUT2D eigenvalue weighted by Crippen LogP contribution is 2.43. The molecule has 0 aliphatic carbocycles. The largest absolute Gasteiger partial charge is 0.481 e. The molecule has 0 spiro atoms. The van der Waals surface area contributed by atoms with Crippen LogP contribution in [0.4, 0.5) is 0 Å². The Balaban J connectivity index is 2.97. The molecule has 0 aromatic carbocycles. The molecule has 1 unspecified atom stereocenters. The maximum absolute atomic E-state index is 8.52. The molecule has 1 fully saturated rings. The second kappa shape index (κ2) is 3.33. The zero-order valence-corrected chi connectivity index (χ0v) is 7.66. The molecule has 1 atom stereocenters. The van der Waals surface area contributed by atoms with Gasteiger partial charge in [-0.25, -0.2) is 0 Å². The van der Waals surface area contributed by atoms with Crippen LogP contribution in [0.5, 0.6) is 0 Å². The van der Waals surface area contributed by atoms with E-state index in [1.165, 1.54) is 12.2 Å². The van der Waals surface area contributed by atoms with Crippen molar-refractivity contribution in [3.63, 3.8) is 0 Å². The Bertz CT molecular complexity index is 354. The average molecular weight is 174 g/mol. The molecule has 1 saturated heterocycles. The molecule has 1 aliphatic heterocycles. The maximum Gasteiger partial charge on any atom is 0.139 e. The van der Waals surface area contributed by atoms with Gasteiger partial charge in [-0.3, -0.25) is 0 Å². The summed E-state index contributed by atoms with van der Waals surface area (Å²) in [5.41, 5.74) is 0.442. The van der Waals surface area contributed by atoms with Crippen LogP contribution in [-0.2, 0) is 4.74 Å². The second-order valence-electron chi connectivity index (χ2n) is 3.01. The summed E-state index contributed by atoms with van der Waals surface area (Å²) in [4.78, 5) is 0. The summed E-state index contributed by atoms with van der Waals surface area (Å²) in [7, 11) is 0. The first-order valence-electron chi connectivity index (χ1n) is 4.07. The van der Waals surface area contributed by atoms with Crippen LogP contribution in [0.2, 0.25) is 0 Å². The van der Waals surface area contributed by atoms with E-state index in [-0.39, 0.29) is 5.60 Å². The van der Waals surface area contributed by atoms with E-state index in [9.17, 15) is 0 Å². The Labute approximate surface area is 77.5 Å². The first-order chi connectivity index (χ1) is 6.18. The lowest BCUT2D eigenvalue weighted by molar-refractivity contribution is -0.0132. The Morgan fingerprint density at radius 1 is 1.38 bits per heavy atom. The van der Waals surface area contributed by atoms with Crippen LogP contribution in [0, 0.1) is 22.7 Å². The number of hydrogen-bond acceptors (Lipinski definition) is 3. The Morgan fingerprint density at radius 3 is 2.46 bits per heavy atom. The molecule has 1 heterocycles. The van der Waals surface area contributed by atoms with Gasteiger partial charge in [-0.2, -0.15) is 10.5 Å². The van der Waals surface area contributed by atoms with E-state index >= 15 is 0 Å². The van der Waals surface area contributed by atoms with Crippen LogP contribution in [0.1, 0.15) is 20.3 Å². The van der Waals surface area contributed by atoms with Crippen molar-refractivity contribution in [2.24, 2.45) is 0 Å². The number of allylic oxidation sites excluding steroid dienone is 2. The molecule has 0 aromatic rings. The van der Waals surface area contributed by atoms with Crippen LogP contribution in [-0.4, -0.2) is 5.60 Å². The van der Waals surface area contributed by atoms with E-state index in [0.29, 0.717) is 5.76 Å². The third kappa shape index (κ3) is 1.41. The summed E-state index contributed by atoms with van der Waals surface area (Å²) in [6, 6.07) is 3.84. The molecule has 13 heavy (non-hydrogen) atoms. The third-order valence-corrected chi connectivity index (χ3v) is 2.25. The van der Waals surface area contributed by atoms with Gasteiger partial charge in [0.15, 0.2) is 0 Å². The van der Waals surface area contributed by atoms with E-state index in [0.717, 1.165) is 12.0 Å². The van der Waals surface area contributed by atoms with Gasteiger partial charge in [-0.1, -0.05) is 6.92 Å². The predicted octanol–water partition coefficient (Wildman–Crippen LogP) is 2.04. The quantitative estimate of drug-likeness (QED) is 0.571. The molecule has 0 amide bonds. The van der Waals surface area contributed by atoms with E-state index in [4.69, 9.17) is 15.3 Å². The van der Waals surface area contributed by atoms with Crippen LogP contribution >= 0.6 is 0 Å². The van der Waals surface area contributed by atoms with Gasteiger partial charge in [0.25, 0.3) is 0 Å². The van der Waals surface area contributed by atoms with Gasteiger partial charge in [0.05, 0.1) is 18.2 Å². The molecular formula is C10H10N2O. The molecule has 3 nitrogen and oxygen atoms in total. The van der Waals surface area contributed by atoms with Crippen molar-refractivity contribution in [3.05, 3.63) is 23.5 Å². The normalized spacial score (nSPS) is 31.7. The highest BCUT2D eigenvalue weighted by Gasteiger charge is 2.42. The zero-order valence-electron chi connectivity index (χ0n) is 7.66. The summed E-state index contributed by atoms with van der Waals surface area (Å²) < 4.78 is 5.40. The van der Waals surface area contributed by atoms with Crippen molar-refractivity contribution < 1.29 is 4.74 Å². The molecule has 0 saturated carbocycles. The monoisotopic (exact) mass is 174 g/mol. The minimum atomic E-state index is -0.377. The number of hydrogen-bond donors (Lipinski definition) is 0. The van der Waals surface area contributed by atoms with E-state index in [1.807, 2.05) is 26.0 Å². The summed E-state index contributed by atoms with van der Waals surface area (Å²) >= 11 is 0. The van der Waals surface area contributed by atoms with Gasteiger partial charge in [-0.05, 0) is 13.3 Å². The number of rotatable bonds is 1. The first-order valence-corrected chi connectivity index (χ1v) is 4.07. The average Bonchev–Trinajstić information content (AvgIpc) is 2.13.